The summed E-state index contributed by atoms with van der Waals surface area (Å²) in [7, 11) is 0. The van der Waals surface area contributed by atoms with Gasteiger partial charge in [0.05, 0.1) is 0 Å². The third kappa shape index (κ3) is 3.40. The number of aryl methyl sites for hydroxylation is 1. The summed E-state index contributed by atoms with van der Waals surface area (Å²) < 4.78 is 5.62. The van der Waals surface area contributed by atoms with Crippen LogP contribution >= 0.6 is 27.7 Å². The average molecular weight is 250 g/mol. The van der Waals surface area contributed by atoms with E-state index in [2.05, 4.69) is 21.1 Å². The zero-order valence-corrected chi connectivity index (χ0v) is 8.94. The van der Waals surface area contributed by atoms with Gasteiger partial charge in [-0.25, -0.2) is 0 Å². The van der Waals surface area contributed by atoms with Gasteiger partial charge in [-0.15, -0.1) is 0 Å². The topological polar surface area (TPSA) is 43.1 Å². The molecule has 0 amide bonds. The number of thioether (sulfide) groups is 1. The van der Waals surface area contributed by atoms with Crippen molar-refractivity contribution in [3.05, 3.63) is 16.4 Å². The lowest BCUT2D eigenvalue weighted by atomic mass is 10.4. The van der Waals surface area contributed by atoms with Crippen LogP contribution in [0, 0.1) is 0 Å². The van der Waals surface area contributed by atoms with Crippen molar-refractivity contribution in [2.24, 2.45) is 0 Å². The molecule has 1 heterocycles. The van der Waals surface area contributed by atoms with Gasteiger partial charge in [0, 0.05) is 25.2 Å². The molecule has 0 unspecified atom stereocenters. The van der Waals surface area contributed by atoms with E-state index in [9.17, 15) is 4.79 Å². The maximum absolute atomic E-state index is 10.5. The van der Waals surface area contributed by atoms with Gasteiger partial charge >= 0.3 is 0 Å². The molecular formula is C7H8BrNO2S. The Hall–Kier alpha value is -0.290. The Kier molecular flexibility index (Phi) is 3.81. The van der Waals surface area contributed by atoms with E-state index in [4.69, 9.17) is 4.52 Å². The molecule has 0 aliphatic rings. The van der Waals surface area contributed by atoms with Crippen molar-refractivity contribution in [2.45, 2.75) is 13.3 Å². The smallest absolute Gasteiger partial charge is 0.185 e. The summed E-state index contributed by atoms with van der Waals surface area (Å²) in [6, 6.07) is 1.81. The number of hydrogen-bond acceptors (Lipinski definition) is 4. The number of carbonyl (C=O) groups excluding carboxylic acids is 1. The first-order valence-electron chi connectivity index (χ1n) is 3.43. The standard InChI is InChI=1S/C7H8BrNO2S/c1-5(10)12-3-2-6-4-7(8)9-11-6/h4H,2-3H2,1H3. The molecule has 0 aliphatic carbocycles. The highest BCUT2D eigenvalue weighted by Gasteiger charge is 2.02. The Bertz CT molecular complexity index is 274. The van der Waals surface area contributed by atoms with Gasteiger partial charge in [0.25, 0.3) is 0 Å². The van der Waals surface area contributed by atoms with Crippen LogP contribution in [-0.2, 0) is 11.2 Å². The largest absolute Gasteiger partial charge is 0.360 e. The Morgan fingerprint density at radius 2 is 2.58 bits per heavy atom. The van der Waals surface area contributed by atoms with Crippen LogP contribution < -0.4 is 0 Å². The molecule has 0 spiro atoms. The van der Waals surface area contributed by atoms with Crippen molar-refractivity contribution in [1.82, 2.24) is 5.16 Å². The molecule has 1 aromatic heterocycles. The summed E-state index contributed by atoms with van der Waals surface area (Å²) in [6.45, 7) is 1.56. The van der Waals surface area contributed by atoms with E-state index in [0.717, 1.165) is 17.9 Å². The number of halogens is 1. The summed E-state index contributed by atoms with van der Waals surface area (Å²) in [5.41, 5.74) is 0. The summed E-state index contributed by atoms with van der Waals surface area (Å²) >= 11 is 4.47. The van der Waals surface area contributed by atoms with Crippen molar-refractivity contribution >= 4 is 32.8 Å². The molecule has 1 aromatic rings. The van der Waals surface area contributed by atoms with Crippen LogP contribution in [0.25, 0.3) is 0 Å². The Balaban J connectivity index is 2.29. The number of aromatic nitrogens is 1. The second-order valence-corrected chi connectivity index (χ2v) is 4.29. The van der Waals surface area contributed by atoms with Crippen LogP contribution in [0.1, 0.15) is 12.7 Å². The molecule has 5 heteroatoms. The van der Waals surface area contributed by atoms with Crippen molar-refractivity contribution in [3.8, 4) is 0 Å². The third-order valence-corrected chi connectivity index (χ3v) is 2.37. The fourth-order valence-electron chi connectivity index (χ4n) is 0.701. The first-order chi connectivity index (χ1) is 5.68. The van der Waals surface area contributed by atoms with Gasteiger partial charge in [0.1, 0.15) is 10.4 Å². The minimum atomic E-state index is 0.133. The summed E-state index contributed by atoms with van der Waals surface area (Å²) in [5.74, 6) is 1.55. The van der Waals surface area contributed by atoms with Crippen molar-refractivity contribution in [1.29, 1.82) is 0 Å². The van der Waals surface area contributed by atoms with Crippen LogP contribution in [0.15, 0.2) is 15.2 Å². The second-order valence-electron chi connectivity index (χ2n) is 2.21. The maximum Gasteiger partial charge on any atom is 0.185 e. The molecule has 0 radical (unpaired) electrons. The van der Waals surface area contributed by atoms with E-state index in [1.165, 1.54) is 11.8 Å². The fraction of sp³-hybridized carbons (Fsp3) is 0.429. The molecule has 0 bridgehead atoms. The molecule has 0 aromatic carbocycles. The first-order valence-corrected chi connectivity index (χ1v) is 5.21. The number of nitrogens with zero attached hydrogens (tertiary/aromatic N) is 1. The second kappa shape index (κ2) is 4.67. The highest BCUT2D eigenvalue weighted by Crippen LogP contribution is 2.12. The molecule has 0 saturated heterocycles. The molecule has 1 rings (SSSR count). The Labute approximate surface area is 83.0 Å². The molecule has 0 saturated carbocycles. The van der Waals surface area contributed by atoms with Gasteiger partial charge in [-0.1, -0.05) is 16.9 Å². The normalized spacial score (nSPS) is 10.2. The minimum Gasteiger partial charge on any atom is -0.360 e. The number of hydrogen-bond donors (Lipinski definition) is 0. The quantitative estimate of drug-likeness (QED) is 0.825. The third-order valence-electron chi connectivity index (χ3n) is 1.18. The van der Waals surface area contributed by atoms with Gasteiger partial charge in [-0.2, -0.15) is 0 Å². The average Bonchev–Trinajstić information content (AvgIpc) is 2.35. The highest BCUT2D eigenvalue weighted by atomic mass is 79.9. The molecule has 0 N–H and O–H groups in total. The zero-order chi connectivity index (χ0) is 8.97. The predicted octanol–water partition coefficient (Wildman–Crippen LogP) is 2.26. The minimum absolute atomic E-state index is 0.133. The fourth-order valence-corrected chi connectivity index (χ4v) is 1.62. The van der Waals surface area contributed by atoms with E-state index in [0.29, 0.717) is 4.60 Å². The number of rotatable bonds is 3. The van der Waals surface area contributed by atoms with E-state index < -0.39 is 0 Å². The number of carbonyl (C=O) groups is 1. The SMILES string of the molecule is CC(=O)SCCc1cc(Br)no1. The Morgan fingerprint density at radius 1 is 1.83 bits per heavy atom. The van der Waals surface area contributed by atoms with Crippen LogP contribution in [0.3, 0.4) is 0 Å². The van der Waals surface area contributed by atoms with Crippen molar-refractivity contribution in [2.75, 3.05) is 5.75 Å². The van der Waals surface area contributed by atoms with Crippen molar-refractivity contribution in [3.63, 3.8) is 0 Å². The Morgan fingerprint density at radius 3 is 3.08 bits per heavy atom. The summed E-state index contributed by atoms with van der Waals surface area (Å²) in [4.78, 5) is 10.5. The summed E-state index contributed by atoms with van der Waals surface area (Å²) in [6.07, 6.45) is 0.739. The van der Waals surface area contributed by atoms with E-state index in [1.54, 1.807) is 13.0 Å². The van der Waals surface area contributed by atoms with Crippen LogP contribution in [0.2, 0.25) is 0 Å². The summed E-state index contributed by atoms with van der Waals surface area (Å²) in [5, 5.41) is 3.79. The maximum atomic E-state index is 10.5. The molecule has 3 nitrogen and oxygen atoms in total. The predicted molar refractivity (Wildman–Crippen MR) is 51.0 cm³/mol. The first kappa shape index (κ1) is 9.80. The monoisotopic (exact) mass is 249 g/mol. The molecule has 66 valence electrons. The molecule has 0 atom stereocenters. The van der Waals surface area contributed by atoms with Crippen LogP contribution in [0.4, 0.5) is 0 Å². The molecule has 0 fully saturated rings. The van der Waals surface area contributed by atoms with Gasteiger partial charge in [0.2, 0.25) is 0 Å². The molecule has 12 heavy (non-hydrogen) atoms. The molecular weight excluding hydrogens is 242 g/mol. The van der Waals surface area contributed by atoms with E-state index in [1.807, 2.05) is 0 Å². The zero-order valence-electron chi connectivity index (χ0n) is 6.54. The lowest BCUT2D eigenvalue weighted by molar-refractivity contribution is -0.109. The van der Waals surface area contributed by atoms with Gasteiger partial charge in [-0.05, 0) is 15.9 Å². The van der Waals surface area contributed by atoms with Gasteiger partial charge in [0.15, 0.2) is 5.12 Å². The van der Waals surface area contributed by atoms with Crippen LogP contribution in [-0.4, -0.2) is 16.0 Å². The van der Waals surface area contributed by atoms with Gasteiger partial charge < -0.3 is 4.52 Å². The van der Waals surface area contributed by atoms with Crippen molar-refractivity contribution < 1.29 is 9.32 Å². The van der Waals surface area contributed by atoms with Crippen LogP contribution in [0.5, 0.6) is 0 Å². The lowest BCUT2D eigenvalue weighted by Crippen LogP contribution is -1.89. The molecule has 0 aliphatic heterocycles. The highest BCUT2D eigenvalue weighted by molar-refractivity contribution is 9.10. The lowest BCUT2D eigenvalue weighted by Gasteiger charge is -1.91. The van der Waals surface area contributed by atoms with E-state index in [-0.39, 0.29) is 5.12 Å². The van der Waals surface area contributed by atoms with Gasteiger partial charge in [-0.3, -0.25) is 4.79 Å². The van der Waals surface area contributed by atoms with E-state index >= 15 is 0 Å².